The fourth-order valence-corrected chi connectivity index (χ4v) is 5.36. The first-order valence-electron chi connectivity index (χ1n) is 19.9. The molecule has 0 amide bonds. The molecule has 0 aromatic heterocycles. The molecule has 1 N–H and O–H groups in total. The molecule has 4 heteroatoms. The van der Waals surface area contributed by atoms with Gasteiger partial charge in [-0.1, -0.05) is 164 Å². The van der Waals surface area contributed by atoms with Gasteiger partial charge in [-0.2, -0.15) is 0 Å². The van der Waals surface area contributed by atoms with Gasteiger partial charge in [0.05, 0.1) is 13.2 Å². The zero-order valence-corrected chi connectivity index (χ0v) is 31.0. The van der Waals surface area contributed by atoms with Gasteiger partial charge in [-0.15, -0.1) is 0 Å². The van der Waals surface area contributed by atoms with Crippen molar-refractivity contribution in [2.24, 2.45) is 0 Å². The van der Waals surface area contributed by atoms with E-state index < -0.39 is 6.10 Å². The molecule has 0 saturated heterocycles. The van der Waals surface area contributed by atoms with Gasteiger partial charge in [-0.25, -0.2) is 0 Å². The van der Waals surface area contributed by atoms with Gasteiger partial charge in [-0.05, 0) is 70.6 Å². The van der Waals surface area contributed by atoms with Crippen LogP contribution in [0.3, 0.4) is 0 Å². The van der Waals surface area contributed by atoms with Gasteiger partial charge < -0.3 is 14.6 Å². The molecular formula is C43H76O4. The first-order valence-corrected chi connectivity index (χ1v) is 19.9. The Hall–Kier alpha value is -1.91. The summed E-state index contributed by atoms with van der Waals surface area (Å²) in [5, 5.41) is 9.57. The molecule has 0 aliphatic heterocycles. The van der Waals surface area contributed by atoms with Crippen molar-refractivity contribution in [1.82, 2.24) is 0 Å². The van der Waals surface area contributed by atoms with Gasteiger partial charge in [0.15, 0.2) is 0 Å². The molecule has 0 aromatic rings. The second-order valence-electron chi connectivity index (χ2n) is 13.0. The Morgan fingerprint density at radius 2 is 0.957 bits per heavy atom. The van der Waals surface area contributed by atoms with E-state index in [0.29, 0.717) is 13.0 Å². The van der Waals surface area contributed by atoms with Crippen LogP contribution in [0.25, 0.3) is 0 Å². The lowest BCUT2D eigenvalue weighted by Crippen LogP contribution is -2.27. The molecule has 0 spiro atoms. The average Bonchev–Trinajstić information content (AvgIpc) is 3.08. The summed E-state index contributed by atoms with van der Waals surface area (Å²) in [5.41, 5.74) is 0. The van der Waals surface area contributed by atoms with Gasteiger partial charge in [-0.3, -0.25) is 4.79 Å². The van der Waals surface area contributed by atoms with E-state index >= 15 is 0 Å². The van der Waals surface area contributed by atoms with Crippen LogP contribution < -0.4 is 0 Å². The highest BCUT2D eigenvalue weighted by Gasteiger charge is 2.13. The summed E-state index contributed by atoms with van der Waals surface area (Å²) in [4.78, 5) is 12.2. The van der Waals surface area contributed by atoms with E-state index in [4.69, 9.17) is 9.47 Å². The lowest BCUT2D eigenvalue weighted by atomic mass is 10.0. The van der Waals surface area contributed by atoms with Gasteiger partial charge in [0.1, 0.15) is 6.10 Å². The van der Waals surface area contributed by atoms with Crippen LogP contribution in [0.15, 0.2) is 60.8 Å². The molecule has 272 valence electrons. The number of hydrogen-bond donors (Lipinski definition) is 1. The van der Waals surface area contributed by atoms with Gasteiger partial charge in [0.2, 0.25) is 0 Å². The summed E-state index contributed by atoms with van der Waals surface area (Å²) in [6.07, 6.45) is 52.7. The summed E-state index contributed by atoms with van der Waals surface area (Å²) in [7, 11) is 0. The van der Waals surface area contributed by atoms with E-state index in [-0.39, 0.29) is 19.2 Å². The van der Waals surface area contributed by atoms with Gasteiger partial charge in [0.25, 0.3) is 0 Å². The zero-order valence-electron chi connectivity index (χ0n) is 31.0. The molecule has 0 heterocycles. The number of aliphatic hydroxyl groups excluding tert-OH is 1. The van der Waals surface area contributed by atoms with E-state index in [1.54, 1.807) is 0 Å². The Kier molecular flexibility index (Phi) is 38.6. The van der Waals surface area contributed by atoms with Crippen molar-refractivity contribution in [2.45, 2.75) is 187 Å². The highest BCUT2D eigenvalue weighted by atomic mass is 16.6. The molecule has 0 aromatic carbocycles. The largest absolute Gasteiger partial charge is 0.457 e. The van der Waals surface area contributed by atoms with E-state index in [2.05, 4.69) is 74.6 Å². The van der Waals surface area contributed by atoms with Crippen molar-refractivity contribution >= 4 is 5.97 Å². The predicted octanol–water partition coefficient (Wildman–Crippen LogP) is 12.9. The molecule has 0 bridgehead atoms. The maximum absolute atomic E-state index is 12.2. The molecule has 0 aliphatic carbocycles. The monoisotopic (exact) mass is 657 g/mol. The minimum atomic E-state index is -0.540. The Balaban J connectivity index is 3.46. The highest BCUT2D eigenvalue weighted by Crippen LogP contribution is 2.13. The van der Waals surface area contributed by atoms with Crippen molar-refractivity contribution < 1.29 is 19.4 Å². The summed E-state index contributed by atoms with van der Waals surface area (Å²) in [5.74, 6) is -0.210. The van der Waals surface area contributed by atoms with Crippen molar-refractivity contribution in [3.8, 4) is 0 Å². The van der Waals surface area contributed by atoms with Crippen molar-refractivity contribution in [3.05, 3.63) is 60.8 Å². The molecule has 0 saturated carbocycles. The molecular weight excluding hydrogens is 580 g/mol. The average molecular weight is 657 g/mol. The third kappa shape index (κ3) is 38.4. The van der Waals surface area contributed by atoms with Crippen LogP contribution in [-0.2, 0) is 14.3 Å². The highest BCUT2D eigenvalue weighted by molar-refractivity contribution is 5.69. The van der Waals surface area contributed by atoms with Gasteiger partial charge >= 0.3 is 5.97 Å². The summed E-state index contributed by atoms with van der Waals surface area (Å²) < 4.78 is 11.1. The number of aliphatic hydroxyl groups is 1. The molecule has 0 aliphatic rings. The lowest BCUT2D eigenvalue weighted by molar-refractivity contribution is -0.154. The smallest absolute Gasteiger partial charge is 0.306 e. The van der Waals surface area contributed by atoms with Crippen molar-refractivity contribution in [3.63, 3.8) is 0 Å². The maximum atomic E-state index is 12.2. The van der Waals surface area contributed by atoms with Crippen LogP contribution in [0.5, 0.6) is 0 Å². The normalized spacial score (nSPS) is 13.0. The number of ether oxygens (including phenoxy) is 2. The first-order chi connectivity index (χ1) is 23.2. The van der Waals surface area contributed by atoms with Crippen LogP contribution in [0.4, 0.5) is 0 Å². The molecule has 1 unspecified atom stereocenters. The van der Waals surface area contributed by atoms with Crippen molar-refractivity contribution in [1.29, 1.82) is 0 Å². The standard InChI is InChI=1S/C43H76O4/c1-3-5-7-9-11-13-15-17-18-19-20-21-22-23-24-25-26-27-28-30-32-34-36-38-43(45)47-42(40-44)41-46-39-37-35-33-31-29-16-14-12-10-8-6-4-2/h5,7,10-13,17-18,20-21,42,44H,3-4,6,8-9,14-16,19,22-41H2,1-2H3/b7-5-,12-10-,13-11-,18-17-,21-20-. The fraction of sp³-hybridized carbons (Fsp3) is 0.744. The van der Waals surface area contributed by atoms with Crippen LogP contribution in [0, 0.1) is 0 Å². The third-order valence-corrected chi connectivity index (χ3v) is 8.33. The summed E-state index contributed by atoms with van der Waals surface area (Å²) >= 11 is 0. The Morgan fingerprint density at radius 3 is 1.47 bits per heavy atom. The predicted molar refractivity (Wildman–Crippen MR) is 205 cm³/mol. The lowest BCUT2D eigenvalue weighted by Gasteiger charge is -2.15. The van der Waals surface area contributed by atoms with E-state index in [9.17, 15) is 9.90 Å². The second kappa shape index (κ2) is 40.3. The molecule has 47 heavy (non-hydrogen) atoms. The molecule has 0 fully saturated rings. The number of unbranched alkanes of at least 4 members (excludes halogenated alkanes) is 18. The molecule has 4 nitrogen and oxygen atoms in total. The maximum Gasteiger partial charge on any atom is 0.306 e. The Labute approximate surface area is 292 Å². The van der Waals surface area contributed by atoms with E-state index in [1.165, 1.54) is 116 Å². The molecule has 0 rings (SSSR count). The van der Waals surface area contributed by atoms with Crippen LogP contribution in [0.2, 0.25) is 0 Å². The Morgan fingerprint density at radius 1 is 0.532 bits per heavy atom. The van der Waals surface area contributed by atoms with E-state index in [0.717, 1.165) is 44.9 Å². The minimum absolute atomic E-state index is 0.178. The van der Waals surface area contributed by atoms with E-state index in [1.807, 2.05) is 0 Å². The second-order valence-corrected chi connectivity index (χ2v) is 13.0. The molecule has 0 radical (unpaired) electrons. The number of carbonyl (C=O) groups is 1. The van der Waals surface area contributed by atoms with Gasteiger partial charge in [0, 0.05) is 13.0 Å². The van der Waals surface area contributed by atoms with Crippen molar-refractivity contribution in [2.75, 3.05) is 19.8 Å². The summed E-state index contributed by atoms with van der Waals surface area (Å²) in [6.45, 7) is 5.18. The number of carbonyl (C=O) groups excluding carboxylic acids is 1. The third-order valence-electron chi connectivity index (χ3n) is 8.33. The number of hydrogen-bond acceptors (Lipinski definition) is 4. The SMILES string of the molecule is CC/C=C\C/C=C\C/C=C\C/C=C\CCCCCCCCCCCCC(=O)OC(CO)COCCCCCCCC/C=C\CCCC. The fourth-order valence-electron chi connectivity index (χ4n) is 5.36. The topological polar surface area (TPSA) is 55.8 Å². The minimum Gasteiger partial charge on any atom is -0.457 e. The summed E-state index contributed by atoms with van der Waals surface area (Å²) in [6, 6.07) is 0. The zero-order chi connectivity index (χ0) is 34.1. The number of rotatable bonds is 36. The first kappa shape index (κ1) is 45.1. The van der Waals surface area contributed by atoms with Crippen LogP contribution in [-0.4, -0.2) is 37.0 Å². The Bertz CT molecular complexity index is 779. The number of esters is 1. The van der Waals surface area contributed by atoms with Crippen LogP contribution >= 0.6 is 0 Å². The quantitative estimate of drug-likeness (QED) is 0.0414. The van der Waals surface area contributed by atoms with Crippen LogP contribution in [0.1, 0.15) is 181 Å². The number of allylic oxidation sites excluding steroid dienone is 10. The molecule has 1 atom stereocenters.